The van der Waals surface area contributed by atoms with Crippen LogP contribution in [0.3, 0.4) is 0 Å². The average Bonchev–Trinajstić information content (AvgIpc) is 1.84. The maximum Gasteiger partial charge on any atom is 0.0923 e. The Bertz CT molecular complexity index is 138. The zero-order valence-corrected chi connectivity index (χ0v) is 9.69. The van der Waals surface area contributed by atoms with Crippen molar-refractivity contribution >= 4 is 18.0 Å². The molecule has 0 bridgehead atoms. The van der Waals surface area contributed by atoms with E-state index in [1.807, 2.05) is 18.0 Å². The van der Waals surface area contributed by atoms with Gasteiger partial charge in [-0.3, -0.25) is 0 Å². The second-order valence-corrected chi connectivity index (χ2v) is 5.46. The average molecular weight is 189 g/mol. The molecule has 0 N–H and O–H groups in total. The fourth-order valence-electron chi connectivity index (χ4n) is 0.793. The van der Waals surface area contributed by atoms with Crippen LogP contribution in [-0.2, 0) is 0 Å². The first kappa shape index (κ1) is 12.0. The van der Waals surface area contributed by atoms with Crippen molar-refractivity contribution in [3.05, 3.63) is 0 Å². The predicted octanol–water partition coefficient (Wildman–Crippen LogP) is 2.21. The molecule has 1 atom stereocenters. The molecule has 0 aromatic rings. The summed E-state index contributed by atoms with van der Waals surface area (Å²) in [6, 6.07) is 0. The lowest BCUT2D eigenvalue weighted by molar-refractivity contribution is -0.876. The van der Waals surface area contributed by atoms with Gasteiger partial charge in [0.15, 0.2) is 0 Å². The van der Waals surface area contributed by atoms with E-state index in [4.69, 9.17) is 0 Å². The molecule has 0 rings (SSSR count). The van der Waals surface area contributed by atoms with Crippen LogP contribution in [0.15, 0.2) is 5.10 Å². The fourth-order valence-corrected chi connectivity index (χ4v) is 1.58. The van der Waals surface area contributed by atoms with Crippen LogP contribution in [0.25, 0.3) is 0 Å². The Balaban J connectivity index is 3.60. The van der Waals surface area contributed by atoms with Gasteiger partial charge in [-0.05, 0) is 12.2 Å². The monoisotopic (exact) mass is 189 g/mol. The molecule has 0 aliphatic rings. The molecule has 0 aliphatic carbocycles. The summed E-state index contributed by atoms with van der Waals surface area (Å²) in [6.07, 6.45) is 3.11. The maximum absolute atomic E-state index is 4.38. The smallest absolute Gasteiger partial charge is 0.0923 e. The number of thioether (sulfide) groups is 1. The van der Waals surface area contributed by atoms with Crippen LogP contribution >= 0.6 is 11.8 Å². The molecule has 0 saturated carbocycles. The van der Waals surface area contributed by atoms with Gasteiger partial charge in [0.1, 0.15) is 0 Å². The largest absolute Gasteiger partial charge is 0.205 e. The minimum atomic E-state index is 0.670. The van der Waals surface area contributed by atoms with Crippen molar-refractivity contribution in [1.82, 2.24) is 0 Å². The van der Waals surface area contributed by atoms with Gasteiger partial charge in [-0.1, -0.05) is 18.9 Å². The summed E-state index contributed by atoms with van der Waals surface area (Å²) in [5.74, 6) is 1.19. The molecule has 0 fully saturated rings. The molecule has 1 unspecified atom stereocenters. The standard InChI is InChI=1S/C9H21N2S/c1-6-12-9(2)7-8-10-11(3,4)5/h8-9H,6-7H2,1-5H3/q+1. The molecular weight excluding hydrogens is 168 g/mol. The summed E-state index contributed by atoms with van der Waals surface area (Å²) >= 11 is 1.98. The third-order valence-electron chi connectivity index (χ3n) is 1.32. The Hall–Kier alpha value is -0.0200. The second kappa shape index (κ2) is 5.60. The molecule has 0 amide bonds. The minimum Gasteiger partial charge on any atom is -0.205 e. The lowest BCUT2D eigenvalue weighted by Gasteiger charge is -2.14. The van der Waals surface area contributed by atoms with Crippen molar-refractivity contribution < 1.29 is 4.59 Å². The topological polar surface area (TPSA) is 12.4 Å². The van der Waals surface area contributed by atoms with Gasteiger partial charge in [0, 0.05) is 5.25 Å². The first-order valence-corrected chi connectivity index (χ1v) is 5.47. The molecular formula is C9H21N2S+. The van der Waals surface area contributed by atoms with Gasteiger partial charge in [0.2, 0.25) is 0 Å². The Morgan fingerprint density at radius 2 is 2.00 bits per heavy atom. The number of rotatable bonds is 5. The minimum absolute atomic E-state index is 0.670. The van der Waals surface area contributed by atoms with Crippen molar-refractivity contribution in [3.8, 4) is 0 Å². The van der Waals surface area contributed by atoms with E-state index in [9.17, 15) is 0 Å². The summed E-state index contributed by atoms with van der Waals surface area (Å²) in [6.45, 7) is 4.44. The van der Waals surface area contributed by atoms with Crippen molar-refractivity contribution in [1.29, 1.82) is 0 Å². The maximum atomic E-state index is 4.38. The van der Waals surface area contributed by atoms with Crippen molar-refractivity contribution in [3.63, 3.8) is 0 Å². The Morgan fingerprint density at radius 1 is 1.42 bits per heavy atom. The highest BCUT2D eigenvalue weighted by molar-refractivity contribution is 7.99. The molecule has 0 aromatic carbocycles. The van der Waals surface area contributed by atoms with E-state index in [1.54, 1.807) is 0 Å². The van der Waals surface area contributed by atoms with Gasteiger partial charge in [0.25, 0.3) is 0 Å². The zero-order valence-electron chi connectivity index (χ0n) is 8.87. The number of nitrogens with zero attached hydrogens (tertiary/aromatic N) is 2. The second-order valence-electron chi connectivity index (χ2n) is 3.74. The van der Waals surface area contributed by atoms with Gasteiger partial charge >= 0.3 is 0 Å². The first-order chi connectivity index (χ1) is 5.45. The van der Waals surface area contributed by atoms with Gasteiger partial charge < -0.3 is 0 Å². The molecule has 72 valence electrons. The molecule has 0 saturated heterocycles. The number of hydrogen-bond acceptors (Lipinski definition) is 2. The van der Waals surface area contributed by atoms with Crippen LogP contribution in [0.2, 0.25) is 0 Å². The molecule has 0 aromatic heterocycles. The number of hydrogen-bond donors (Lipinski definition) is 0. The van der Waals surface area contributed by atoms with Gasteiger partial charge in [-0.2, -0.15) is 11.8 Å². The SMILES string of the molecule is CCSC(C)CC=N[N+](C)(C)C. The van der Waals surface area contributed by atoms with Gasteiger partial charge in [0.05, 0.1) is 27.4 Å². The van der Waals surface area contributed by atoms with Crippen LogP contribution in [-0.4, -0.2) is 43.0 Å². The summed E-state index contributed by atoms with van der Waals surface area (Å²) < 4.78 is 0.670. The molecule has 3 heteroatoms. The summed E-state index contributed by atoms with van der Waals surface area (Å²) in [5.41, 5.74) is 0. The third kappa shape index (κ3) is 8.08. The predicted molar refractivity (Wildman–Crippen MR) is 58.7 cm³/mol. The van der Waals surface area contributed by atoms with Crippen LogP contribution in [0, 0.1) is 0 Å². The van der Waals surface area contributed by atoms with Crippen molar-refractivity contribution in [2.45, 2.75) is 25.5 Å². The third-order valence-corrected chi connectivity index (χ3v) is 2.41. The Kier molecular flexibility index (Phi) is 5.59. The van der Waals surface area contributed by atoms with E-state index in [1.165, 1.54) is 5.75 Å². The Labute approximate surface area is 80.6 Å². The molecule has 0 aliphatic heterocycles. The van der Waals surface area contributed by atoms with E-state index in [-0.39, 0.29) is 0 Å². The van der Waals surface area contributed by atoms with E-state index in [2.05, 4.69) is 40.1 Å². The highest BCUT2D eigenvalue weighted by Gasteiger charge is 2.03. The van der Waals surface area contributed by atoms with Gasteiger partial charge in [-0.25, -0.2) is 4.59 Å². The van der Waals surface area contributed by atoms with E-state index in [0.717, 1.165) is 6.42 Å². The van der Waals surface area contributed by atoms with Crippen molar-refractivity contribution in [2.24, 2.45) is 5.10 Å². The summed E-state index contributed by atoms with van der Waals surface area (Å²) in [5, 5.41) is 5.08. The summed E-state index contributed by atoms with van der Waals surface area (Å²) in [7, 11) is 6.19. The van der Waals surface area contributed by atoms with Crippen LogP contribution < -0.4 is 0 Å². The van der Waals surface area contributed by atoms with E-state index in [0.29, 0.717) is 9.84 Å². The Morgan fingerprint density at radius 3 is 2.42 bits per heavy atom. The van der Waals surface area contributed by atoms with E-state index >= 15 is 0 Å². The van der Waals surface area contributed by atoms with Crippen molar-refractivity contribution in [2.75, 3.05) is 26.9 Å². The van der Waals surface area contributed by atoms with E-state index < -0.39 is 0 Å². The normalized spacial score (nSPS) is 15.4. The molecule has 0 heterocycles. The zero-order chi connectivity index (χ0) is 9.61. The number of quaternary nitrogens is 1. The highest BCUT2D eigenvalue weighted by Crippen LogP contribution is 2.11. The molecule has 0 radical (unpaired) electrons. The lowest BCUT2D eigenvalue weighted by atomic mass is 10.4. The quantitative estimate of drug-likeness (QED) is 0.367. The summed E-state index contributed by atoms with van der Waals surface area (Å²) in [4.78, 5) is 0. The first-order valence-electron chi connectivity index (χ1n) is 4.43. The van der Waals surface area contributed by atoms with Gasteiger partial charge in [-0.15, -0.1) is 0 Å². The fraction of sp³-hybridized carbons (Fsp3) is 0.889. The van der Waals surface area contributed by atoms with Crippen LogP contribution in [0.1, 0.15) is 20.3 Å². The van der Waals surface area contributed by atoms with Crippen LogP contribution in [0.5, 0.6) is 0 Å². The molecule has 2 nitrogen and oxygen atoms in total. The lowest BCUT2D eigenvalue weighted by Crippen LogP contribution is -2.27. The van der Waals surface area contributed by atoms with Crippen LogP contribution in [0.4, 0.5) is 0 Å². The molecule has 12 heavy (non-hydrogen) atoms. The highest BCUT2D eigenvalue weighted by atomic mass is 32.2. The molecule has 0 spiro atoms.